The van der Waals surface area contributed by atoms with E-state index in [0.29, 0.717) is 23.3 Å². The number of carbonyl (C=O) groups is 1. The van der Waals surface area contributed by atoms with E-state index in [1.165, 1.54) is 18.4 Å². The number of anilines is 1. The fourth-order valence-electron chi connectivity index (χ4n) is 1.39. The molecule has 0 bridgehead atoms. The molecule has 0 amide bonds. The number of nitrogens with one attached hydrogen (secondary N) is 1. The molecule has 0 aliphatic heterocycles. The molecule has 0 unspecified atom stereocenters. The van der Waals surface area contributed by atoms with Crippen LogP contribution in [0.25, 0.3) is 0 Å². The maximum Gasteiger partial charge on any atom is 0.357 e. The van der Waals surface area contributed by atoms with Gasteiger partial charge in [0.15, 0.2) is 10.8 Å². The molecule has 0 fully saturated rings. The van der Waals surface area contributed by atoms with Crippen LogP contribution in [0.1, 0.15) is 27.0 Å². The third-order valence-corrected chi connectivity index (χ3v) is 3.16. The lowest BCUT2D eigenvalue weighted by Gasteiger charge is -1.97. The molecular formula is C11H13N3O3S. The number of thiazole rings is 1. The van der Waals surface area contributed by atoms with Crippen molar-refractivity contribution in [2.75, 3.05) is 12.4 Å². The van der Waals surface area contributed by atoms with Crippen LogP contribution in [-0.4, -0.2) is 23.0 Å². The van der Waals surface area contributed by atoms with Gasteiger partial charge >= 0.3 is 5.97 Å². The first-order chi connectivity index (χ1) is 8.60. The summed E-state index contributed by atoms with van der Waals surface area (Å²) in [5.41, 5.74) is 0.341. The molecule has 2 rings (SSSR count). The summed E-state index contributed by atoms with van der Waals surface area (Å²) in [5.74, 6) is 0.918. The third kappa shape index (κ3) is 2.67. The van der Waals surface area contributed by atoms with Crippen molar-refractivity contribution >= 4 is 22.4 Å². The number of hydrogen-bond acceptors (Lipinski definition) is 7. The van der Waals surface area contributed by atoms with E-state index in [0.717, 1.165) is 10.6 Å². The molecule has 0 atom stereocenters. The number of oxazole rings is 1. The van der Waals surface area contributed by atoms with Crippen molar-refractivity contribution in [2.45, 2.75) is 20.4 Å². The van der Waals surface area contributed by atoms with Crippen LogP contribution in [0, 0.1) is 13.8 Å². The maximum absolute atomic E-state index is 11.4. The van der Waals surface area contributed by atoms with E-state index < -0.39 is 5.97 Å². The Hall–Kier alpha value is -1.89. The summed E-state index contributed by atoms with van der Waals surface area (Å²) < 4.78 is 9.97. The lowest BCUT2D eigenvalue weighted by molar-refractivity contribution is 0.0594. The van der Waals surface area contributed by atoms with Crippen LogP contribution in [0.15, 0.2) is 10.6 Å². The standard InChI is InChI=1S/C11H13N3O3S/c1-6-4-12-8(17-6)5-13-11-14-9(7(2)18-11)10(15)16-3/h4H,5H2,1-3H3,(H,13,14). The van der Waals surface area contributed by atoms with Gasteiger partial charge in [0.1, 0.15) is 5.76 Å². The maximum atomic E-state index is 11.4. The topological polar surface area (TPSA) is 77.2 Å². The SMILES string of the molecule is COC(=O)c1nc(NCc2ncc(C)o2)sc1C. The smallest absolute Gasteiger partial charge is 0.357 e. The van der Waals surface area contributed by atoms with Crippen LogP contribution in [0.3, 0.4) is 0 Å². The summed E-state index contributed by atoms with van der Waals surface area (Å²) in [6.45, 7) is 4.09. The van der Waals surface area contributed by atoms with Crippen LogP contribution in [0.5, 0.6) is 0 Å². The third-order valence-electron chi connectivity index (χ3n) is 2.24. The van der Waals surface area contributed by atoms with E-state index in [9.17, 15) is 4.79 Å². The molecule has 0 aromatic carbocycles. The van der Waals surface area contributed by atoms with Gasteiger partial charge in [-0.15, -0.1) is 11.3 Å². The number of hydrogen-bond donors (Lipinski definition) is 1. The van der Waals surface area contributed by atoms with Gasteiger partial charge in [-0.25, -0.2) is 14.8 Å². The van der Waals surface area contributed by atoms with Crippen LogP contribution >= 0.6 is 11.3 Å². The van der Waals surface area contributed by atoms with Crippen molar-refractivity contribution in [3.05, 3.63) is 28.4 Å². The van der Waals surface area contributed by atoms with Gasteiger partial charge in [-0.2, -0.15) is 0 Å². The molecular weight excluding hydrogens is 254 g/mol. The highest BCUT2D eigenvalue weighted by molar-refractivity contribution is 7.15. The molecule has 2 heterocycles. The normalized spacial score (nSPS) is 10.4. The average Bonchev–Trinajstić information content (AvgIpc) is 2.92. The number of methoxy groups -OCH3 is 1. The number of esters is 1. The van der Waals surface area contributed by atoms with Gasteiger partial charge in [-0.1, -0.05) is 0 Å². The van der Waals surface area contributed by atoms with Gasteiger partial charge in [-0.3, -0.25) is 0 Å². The predicted octanol–water partition coefficient (Wildman–Crippen LogP) is 2.15. The molecule has 7 heteroatoms. The first kappa shape index (κ1) is 12.6. The Morgan fingerprint density at radius 3 is 2.94 bits per heavy atom. The van der Waals surface area contributed by atoms with E-state index in [1.54, 1.807) is 6.20 Å². The molecule has 2 aromatic heterocycles. The molecule has 0 aliphatic carbocycles. The predicted molar refractivity (Wildman–Crippen MR) is 66.8 cm³/mol. The Balaban J connectivity index is 2.04. The van der Waals surface area contributed by atoms with Crippen molar-refractivity contribution in [3.63, 3.8) is 0 Å². The summed E-state index contributed by atoms with van der Waals surface area (Å²) in [6.07, 6.45) is 1.66. The quantitative estimate of drug-likeness (QED) is 0.855. The van der Waals surface area contributed by atoms with Crippen molar-refractivity contribution in [1.29, 1.82) is 0 Å². The van der Waals surface area contributed by atoms with E-state index in [2.05, 4.69) is 20.0 Å². The fraction of sp³-hybridized carbons (Fsp3) is 0.364. The molecule has 6 nitrogen and oxygen atoms in total. The molecule has 0 saturated carbocycles. The van der Waals surface area contributed by atoms with Crippen LogP contribution in [0.4, 0.5) is 5.13 Å². The molecule has 0 radical (unpaired) electrons. The lowest BCUT2D eigenvalue weighted by atomic mass is 10.4. The van der Waals surface area contributed by atoms with E-state index in [4.69, 9.17) is 4.42 Å². The Bertz CT molecular complexity index is 562. The molecule has 2 aromatic rings. The van der Waals surface area contributed by atoms with Crippen LogP contribution in [-0.2, 0) is 11.3 Å². The fourth-order valence-corrected chi connectivity index (χ4v) is 2.19. The highest BCUT2D eigenvalue weighted by Gasteiger charge is 2.15. The summed E-state index contributed by atoms with van der Waals surface area (Å²) in [5, 5.41) is 3.70. The number of carbonyl (C=O) groups excluding carboxylic acids is 1. The lowest BCUT2D eigenvalue weighted by Crippen LogP contribution is -2.04. The van der Waals surface area contributed by atoms with Gasteiger partial charge in [0.05, 0.1) is 19.9 Å². The zero-order valence-electron chi connectivity index (χ0n) is 10.3. The molecule has 0 aliphatic rings. The van der Waals surface area contributed by atoms with Crippen molar-refractivity contribution in [2.24, 2.45) is 0 Å². The first-order valence-electron chi connectivity index (χ1n) is 5.31. The van der Waals surface area contributed by atoms with E-state index in [1.807, 2.05) is 13.8 Å². The second-order valence-corrected chi connectivity index (χ2v) is 4.84. The largest absolute Gasteiger partial charge is 0.464 e. The van der Waals surface area contributed by atoms with Gasteiger partial charge in [-0.05, 0) is 13.8 Å². The Morgan fingerprint density at radius 1 is 1.56 bits per heavy atom. The highest BCUT2D eigenvalue weighted by atomic mass is 32.1. The van der Waals surface area contributed by atoms with E-state index in [-0.39, 0.29) is 0 Å². The minimum atomic E-state index is -0.427. The van der Waals surface area contributed by atoms with Gasteiger partial charge in [0.25, 0.3) is 0 Å². The summed E-state index contributed by atoms with van der Waals surface area (Å²) >= 11 is 1.39. The van der Waals surface area contributed by atoms with Crippen molar-refractivity contribution in [1.82, 2.24) is 9.97 Å². The van der Waals surface area contributed by atoms with Gasteiger partial charge in [0, 0.05) is 4.88 Å². The van der Waals surface area contributed by atoms with Crippen molar-refractivity contribution < 1.29 is 13.9 Å². The number of rotatable bonds is 4. The highest BCUT2D eigenvalue weighted by Crippen LogP contribution is 2.23. The van der Waals surface area contributed by atoms with Gasteiger partial charge < -0.3 is 14.5 Å². The molecule has 0 saturated heterocycles. The zero-order valence-corrected chi connectivity index (χ0v) is 11.1. The monoisotopic (exact) mass is 267 g/mol. The molecule has 18 heavy (non-hydrogen) atoms. The Morgan fingerprint density at radius 2 is 2.33 bits per heavy atom. The second kappa shape index (κ2) is 5.18. The van der Waals surface area contributed by atoms with Crippen LogP contribution in [0.2, 0.25) is 0 Å². The number of nitrogens with zero attached hydrogens (tertiary/aromatic N) is 2. The summed E-state index contributed by atoms with van der Waals surface area (Å²) in [4.78, 5) is 20.4. The van der Waals surface area contributed by atoms with Crippen LogP contribution < -0.4 is 5.32 Å². The minimum Gasteiger partial charge on any atom is -0.464 e. The summed E-state index contributed by atoms with van der Waals surface area (Å²) in [7, 11) is 1.34. The molecule has 0 spiro atoms. The minimum absolute atomic E-state index is 0.341. The van der Waals surface area contributed by atoms with Gasteiger partial charge in [0.2, 0.25) is 5.89 Å². The molecule has 96 valence electrons. The summed E-state index contributed by atoms with van der Waals surface area (Å²) in [6, 6.07) is 0. The first-order valence-corrected chi connectivity index (χ1v) is 6.12. The van der Waals surface area contributed by atoms with E-state index >= 15 is 0 Å². The van der Waals surface area contributed by atoms with Crippen molar-refractivity contribution in [3.8, 4) is 0 Å². The molecule has 1 N–H and O–H groups in total. The zero-order chi connectivity index (χ0) is 13.1. The number of aromatic nitrogens is 2. The Kier molecular flexibility index (Phi) is 3.61. The average molecular weight is 267 g/mol. The Labute approximate surface area is 108 Å². The number of aryl methyl sites for hydroxylation is 2. The number of ether oxygens (including phenoxy) is 1. The second-order valence-electron chi connectivity index (χ2n) is 3.63.